The highest BCUT2D eigenvalue weighted by molar-refractivity contribution is 5.91. The molecule has 1 N–H and O–H groups in total. The molecule has 0 bridgehead atoms. The summed E-state index contributed by atoms with van der Waals surface area (Å²) in [5.41, 5.74) is 4.61. The molecule has 0 fully saturated rings. The van der Waals surface area contributed by atoms with Crippen molar-refractivity contribution in [2.75, 3.05) is 6.54 Å². The van der Waals surface area contributed by atoms with Gasteiger partial charge >= 0.3 is 0 Å². The Morgan fingerprint density at radius 2 is 1.44 bits per heavy atom. The van der Waals surface area contributed by atoms with E-state index in [2.05, 4.69) is 56.3 Å². The normalized spacial score (nSPS) is 12.2. The summed E-state index contributed by atoms with van der Waals surface area (Å²) in [5, 5.41) is 9.48. The number of phenolic OH excluding ortho intramolecular Hbond substituents is 1. The number of aromatic hydroxyl groups is 1. The van der Waals surface area contributed by atoms with E-state index in [1.165, 1.54) is 68.9 Å². The van der Waals surface area contributed by atoms with E-state index in [1.807, 2.05) is 18.3 Å². The number of rotatable bonds is 15. The first kappa shape index (κ1) is 25.6. The minimum atomic E-state index is 0.288. The summed E-state index contributed by atoms with van der Waals surface area (Å²) in [7, 11) is 0. The standard InChI is InChI=1S/C30H41NO/c1-3-4-5-6-7-8-9-10-11-14-23-31-25-28(24-29-16-13-12-15-26(29)2)18-17-27-19-21-30(32)22-20-27/h12-13,15-22,24-25,32H,3-11,14,23H2,1-2H3/b18-17+,28-24-,31-25+. The van der Waals surface area contributed by atoms with Crippen LogP contribution in [0.25, 0.3) is 12.2 Å². The lowest BCUT2D eigenvalue weighted by Gasteiger charge is -2.02. The molecule has 0 aromatic heterocycles. The number of benzene rings is 2. The Morgan fingerprint density at radius 3 is 2.09 bits per heavy atom. The van der Waals surface area contributed by atoms with Gasteiger partial charge in [-0.15, -0.1) is 0 Å². The Balaban J connectivity index is 1.82. The molecule has 0 aliphatic rings. The first-order valence-corrected chi connectivity index (χ1v) is 12.4. The summed E-state index contributed by atoms with van der Waals surface area (Å²) >= 11 is 0. The quantitative estimate of drug-likeness (QED) is 0.170. The number of hydrogen-bond donors (Lipinski definition) is 1. The third-order valence-corrected chi connectivity index (χ3v) is 5.75. The molecule has 172 valence electrons. The van der Waals surface area contributed by atoms with Crippen molar-refractivity contribution < 1.29 is 5.11 Å². The van der Waals surface area contributed by atoms with Gasteiger partial charge in [-0.1, -0.05) is 113 Å². The van der Waals surface area contributed by atoms with Crippen LogP contribution in [0.4, 0.5) is 0 Å². The van der Waals surface area contributed by atoms with Gasteiger partial charge in [0.25, 0.3) is 0 Å². The summed E-state index contributed by atoms with van der Waals surface area (Å²) in [4.78, 5) is 4.71. The molecular weight excluding hydrogens is 390 g/mol. The monoisotopic (exact) mass is 431 g/mol. The van der Waals surface area contributed by atoms with E-state index in [0.29, 0.717) is 0 Å². The van der Waals surface area contributed by atoms with Gasteiger partial charge in [-0.05, 0) is 53.8 Å². The molecule has 0 atom stereocenters. The fourth-order valence-corrected chi connectivity index (χ4v) is 3.70. The Labute approximate surface area is 195 Å². The first-order valence-electron chi connectivity index (χ1n) is 12.4. The van der Waals surface area contributed by atoms with Gasteiger partial charge in [-0.2, -0.15) is 0 Å². The van der Waals surface area contributed by atoms with Crippen LogP contribution in [0.1, 0.15) is 87.8 Å². The van der Waals surface area contributed by atoms with Crippen molar-refractivity contribution in [2.45, 2.75) is 78.1 Å². The molecular formula is C30H41NO. The molecule has 0 aliphatic carbocycles. The molecule has 0 radical (unpaired) electrons. The number of nitrogens with zero attached hydrogens (tertiary/aromatic N) is 1. The molecule has 2 aromatic rings. The zero-order valence-electron chi connectivity index (χ0n) is 20.1. The van der Waals surface area contributed by atoms with E-state index in [9.17, 15) is 5.11 Å². The van der Waals surface area contributed by atoms with Crippen molar-refractivity contribution in [3.8, 4) is 5.75 Å². The second-order valence-electron chi connectivity index (χ2n) is 8.64. The van der Waals surface area contributed by atoms with Crippen LogP contribution < -0.4 is 0 Å². The smallest absolute Gasteiger partial charge is 0.115 e. The number of unbranched alkanes of at least 4 members (excludes halogenated alkanes) is 9. The van der Waals surface area contributed by atoms with E-state index < -0.39 is 0 Å². The largest absolute Gasteiger partial charge is 0.508 e. The number of phenols is 1. The van der Waals surface area contributed by atoms with Crippen molar-refractivity contribution in [3.63, 3.8) is 0 Å². The number of aryl methyl sites for hydroxylation is 1. The molecule has 0 unspecified atom stereocenters. The van der Waals surface area contributed by atoms with Crippen molar-refractivity contribution in [1.29, 1.82) is 0 Å². The maximum atomic E-state index is 9.48. The number of allylic oxidation sites excluding steroid dienone is 2. The predicted molar refractivity (Wildman–Crippen MR) is 141 cm³/mol. The van der Waals surface area contributed by atoms with E-state index in [-0.39, 0.29) is 5.75 Å². The molecule has 0 spiro atoms. The average molecular weight is 432 g/mol. The topological polar surface area (TPSA) is 32.6 Å². The molecule has 0 saturated heterocycles. The Kier molecular flexibility index (Phi) is 12.9. The van der Waals surface area contributed by atoms with Crippen molar-refractivity contribution in [2.24, 2.45) is 4.99 Å². The van der Waals surface area contributed by atoms with E-state index >= 15 is 0 Å². The zero-order valence-corrected chi connectivity index (χ0v) is 20.1. The highest BCUT2D eigenvalue weighted by Crippen LogP contribution is 2.15. The molecule has 32 heavy (non-hydrogen) atoms. The maximum absolute atomic E-state index is 9.48. The first-order chi connectivity index (χ1) is 15.7. The van der Waals surface area contributed by atoms with Gasteiger partial charge in [0.1, 0.15) is 5.75 Å². The average Bonchev–Trinajstić information content (AvgIpc) is 2.80. The lowest BCUT2D eigenvalue weighted by Crippen LogP contribution is -1.88. The van der Waals surface area contributed by atoms with Gasteiger partial charge < -0.3 is 5.11 Å². The minimum absolute atomic E-state index is 0.288. The van der Waals surface area contributed by atoms with Crippen LogP contribution in [0.5, 0.6) is 5.75 Å². The molecule has 0 heterocycles. The highest BCUT2D eigenvalue weighted by atomic mass is 16.3. The van der Waals surface area contributed by atoms with Gasteiger partial charge in [-0.25, -0.2) is 0 Å². The Morgan fingerprint density at radius 1 is 0.812 bits per heavy atom. The summed E-state index contributed by atoms with van der Waals surface area (Å²) < 4.78 is 0. The molecule has 2 nitrogen and oxygen atoms in total. The van der Waals surface area contributed by atoms with Gasteiger partial charge in [0.2, 0.25) is 0 Å². The minimum Gasteiger partial charge on any atom is -0.508 e. The summed E-state index contributed by atoms with van der Waals surface area (Å²) in [6.07, 6.45) is 21.8. The van der Waals surface area contributed by atoms with Crippen LogP contribution in [-0.4, -0.2) is 17.9 Å². The molecule has 0 aliphatic heterocycles. The van der Waals surface area contributed by atoms with Gasteiger partial charge in [0, 0.05) is 12.8 Å². The second kappa shape index (κ2) is 16.1. The lowest BCUT2D eigenvalue weighted by molar-refractivity contribution is 0.475. The van der Waals surface area contributed by atoms with Crippen LogP contribution >= 0.6 is 0 Å². The molecule has 0 saturated carbocycles. The third-order valence-electron chi connectivity index (χ3n) is 5.75. The number of hydrogen-bond acceptors (Lipinski definition) is 2. The van der Waals surface area contributed by atoms with Gasteiger partial charge in [0.05, 0.1) is 0 Å². The fraction of sp³-hybridized carbons (Fsp3) is 0.433. The number of aliphatic imine (C=N–C) groups is 1. The van der Waals surface area contributed by atoms with E-state index in [4.69, 9.17) is 4.99 Å². The van der Waals surface area contributed by atoms with E-state index in [1.54, 1.807) is 12.1 Å². The third kappa shape index (κ3) is 11.1. The summed E-state index contributed by atoms with van der Waals surface area (Å²) in [5.74, 6) is 0.288. The van der Waals surface area contributed by atoms with Crippen molar-refractivity contribution >= 4 is 18.4 Å². The highest BCUT2D eigenvalue weighted by Gasteiger charge is 1.97. The molecule has 2 rings (SSSR count). The Hall–Kier alpha value is -2.61. The maximum Gasteiger partial charge on any atom is 0.115 e. The SMILES string of the molecule is CCCCCCCCCCCC/N=C/C(=C\c1ccccc1C)/C=C/c1ccc(O)cc1. The predicted octanol–water partition coefficient (Wildman–Crippen LogP) is 8.79. The van der Waals surface area contributed by atoms with Gasteiger partial charge in [-0.3, -0.25) is 4.99 Å². The zero-order chi connectivity index (χ0) is 22.9. The Bertz CT molecular complexity index is 845. The van der Waals surface area contributed by atoms with Crippen LogP contribution in [0, 0.1) is 6.92 Å². The van der Waals surface area contributed by atoms with E-state index in [0.717, 1.165) is 24.1 Å². The van der Waals surface area contributed by atoms with Crippen LogP contribution in [0.15, 0.2) is 65.2 Å². The van der Waals surface area contributed by atoms with Crippen molar-refractivity contribution in [1.82, 2.24) is 0 Å². The molecule has 2 aromatic carbocycles. The fourth-order valence-electron chi connectivity index (χ4n) is 3.70. The van der Waals surface area contributed by atoms with Crippen molar-refractivity contribution in [3.05, 3.63) is 76.9 Å². The molecule has 2 heteroatoms. The molecule has 0 amide bonds. The summed E-state index contributed by atoms with van der Waals surface area (Å²) in [6, 6.07) is 15.7. The second-order valence-corrected chi connectivity index (χ2v) is 8.64. The lowest BCUT2D eigenvalue weighted by atomic mass is 10.0. The van der Waals surface area contributed by atoms with Crippen LogP contribution in [0.3, 0.4) is 0 Å². The van der Waals surface area contributed by atoms with Crippen LogP contribution in [-0.2, 0) is 0 Å². The van der Waals surface area contributed by atoms with Crippen LogP contribution in [0.2, 0.25) is 0 Å². The summed E-state index contributed by atoms with van der Waals surface area (Å²) in [6.45, 7) is 5.29. The van der Waals surface area contributed by atoms with Gasteiger partial charge in [0.15, 0.2) is 0 Å².